The first-order valence-corrected chi connectivity index (χ1v) is 8.26. The van der Waals surface area contributed by atoms with E-state index in [9.17, 15) is 13.0 Å². The van der Waals surface area contributed by atoms with Gasteiger partial charge in [0.25, 0.3) is 0 Å². The molecule has 0 aromatic rings. The molecule has 112 valence electrons. The average molecular weight is 292 g/mol. The lowest BCUT2D eigenvalue weighted by atomic mass is 9.97. The lowest BCUT2D eigenvalue weighted by molar-refractivity contribution is -0.823. The largest absolute Gasteiger partial charge is 0.439 e. The summed E-state index contributed by atoms with van der Waals surface area (Å²) in [5.74, 6) is 0. The molecular formula is C12H26N3O3S+. The minimum absolute atomic E-state index is 0.296. The van der Waals surface area contributed by atoms with Gasteiger partial charge in [-0.2, -0.15) is 0 Å². The van der Waals surface area contributed by atoms with Crippen molar-refractivity contribution in [2.24, 2.45) is 5.73 Å². The van der Waals surface area contributed by atoms with Gasteiger partial charge in [0.1, 0.15) is 6.20 Å². The fraction of sp³-hybridized carbons (Fsp3) is 0.833. The second kappa shape index (κ2) is 5.78. The molecule has 0 aliphatic carbocycles. The highest BCUT2D eigenvalue weighted by atomic mass is 32.2. The normalized spacial score (nSPS) is 31.1. The van der Waals surface area contributed by atoms with Crippen LogP contribution < -0.4 is 5.73 Å². The Bertz CT molecular complexity index is 438. The zero-order valence-corrected chi connectivity index (χ0v) is 12.9. The van der Waals surface area contributed by atoms with Crippen LogP contribution in [0.1, 0.15) is 40.0 Å². The Balaban J connectivity index is 3.39. The number of hydrogen-bond acceptors (Lipinski definition) is 4. The smallest absolute Gasteiger partial charge is 0.330 e. The van der Waals surface area contributed by atoms with E-state index < -0.39 is 19.9 Å². The molecule has 0 aromatic heterocycles. The molecule has 1 aliphatic heterocycles. The molecule has 1 rings (SSSR count). The molecule has 0 bridgehead atoms. The Morgan fingerprint density at radius 1 is 1.37 bits per heavy atom. The quantitative estimate of drug-likeness (QED) is 0.545. The molecule has 1 heterocycles. The third kappa shape index (κ3) is 2.29. The molecule has 0 saturated heterocycles. The highest BCUT2D eigenvalue weighted by Gasteiger charge is 2.61. The molecule has 0 fully saturated rings. The monoisotopic (exact) mass is 292 g/mol. The van der Waals surface area contributed by atoms with Gasteiger partial charge in [-0.15, -0.1) is 12.3 Å². The topological polar surface area (TPSA) is 83.6 Å². The van der Waals surface area contributed by atoms with E-state index in [1.54, 1.807) is 19.3 Å². The maximum Gasteiger partial charge on any atom is 0.439 e. The minimum Gasteiger partial charge on any atom is -0.330 e. The molecular weight excluding hydrogens is 266 g/mol. The fourth-order valence-electron chi connectivity index (χ4n) is 3.30. The third-order valence-electron chi connectivity index (χ3n) is 4.30. The lowest BCUT2D eigenvalue weighted by Crippen LogP contribution is -2.66. The summed E-state index contributed by atoms with van der Waals surface area (Å²) in [4.78, 5) is 2.01. The van der Waals surface area contributed by atoms with Crippen molar-refractivity contribution in [2.75, 3.05) is 19.6 Å². The first-order valence-electron chi connectivity index (χ1n) is 6.86. The van der Waals surface area contributed by atoms with Crippen LogP contribution in [0.25, 0.3) is 0 Å². The van der Waals surface area contributed by atoms with Crippen LogP contribution >= 0.6 is 0 Å². The van der Waals surface area contributed by atoms with Crippen LogP contribution in [0.5, 0.6) is 0 Å². The number of nitrogens with zero attached hydrogens (tertiary/aromatic N) is 2. The van der Waals surface area contributed by atoms with Crippen molar-refractivity contribution in [3.05, 3.63) is 12.4 Å². The molecule has 1 aliphatic rings. The summed E-state index contributed by atoms with van der Waals surface area (Å²) < 4.78 is 33.4. The van der Waals surface area contributed by atoms with Gasteiger partial charge in [0.05, 0.1) is 12.7 Å². The van der Waals surface area contributed by atoms with Gasteiger partial charge in [-0.05, 0) is 26.8 Å². The SMILES string of the molecule is CCN1C=C[N+](CC)(S(=O)(=O)O)C1(CC)CCCN. The summed E-state index contributed by atoms with van der Waals surface area (Å²) in [6.45, 7) is 7.23. The summed E-state index contributed by atoms with van der Waals surface area (Å²) in [6, 6.07) is 0. The third-order valence-corrected chi connectivity index (χ3v) is 5.84. The van der Waals surface area contributed by atoms with E-state index in [4.69, 9.17) is 5.73 Å². The van der Waals surface area contributed by atoms with Gasteiger partial charge in [-0.25, -0.2) is 4.55 Å². The highest BCUT2D eigenvalue weighted by Crippen LogP contribution is 2.44. The van der Waals surface area contributed by atoms with Crippen molar-refractivity contribution in [1.29, 1.82) is 0 Å². The van der Waals surface area contributed by atoms with Crippen LogP contribution in [0, 0.1) is 0 Å². The van der Waals surface area contributed by atoms with E-state index in [1.165, 1.54) is 0 Å². The van der Waals surface area contributed by atoms with E-state index in [1.807, 2.05) is 18.7 Å². The Hall–Kier alpha value is -0.630. The molecule has 0 saturated carbocycles. The maximum absolute atomic E-state index is 12.0. The van der Waals surface area contributed by atoms with Gasteiger partial charge in [0, 0.05) is 19.4 Å². The van der Waals surface area contributed by atoms with Crippen molar-refractivity contribution in [2.45, 2.75) is 45.7 Å². The van der Waals surface area contributed by atoms with E-state index in [0.717, 1.165) is 6.42 Å². The predicted octanol–water partition coefficient (Wildman–Crippen LogP) is 1.28. The van der Waals surface area contributed by atoms with Crippen LogP contribution in [-0.4, -0.2) is 47.1 Å². The standard InChI is InChI=1S/C12H25N3O3S/c1-4-12(8-7-9-13)14(5-2)10-11-15(12,6-3)19(16,17)18/h10-11H,4-9,13H2,1-3H3/p+1. The first kappa shape index (κ1) is 16.4. The van der Waals surface area contributed by atoms with Crippen molar-refractivity contribution in [3.8, 4) is 0 Å². The number of quaternary nitrogens is 1. The van der Waals surface area contributed by atoms with Crippen molar-refractivity contribution in [1.82, 2.24) is 4.90 Å². The van der Waals surface area contributed by atoms with Gasteiger partial charge < -0.3 is 10.6 Å². The van der Waals surface area contributed by atoms with Gasteiger partial charge in [0.15, 0.2) is 5.66 Å². The summed E-state index contributed by atoms with van der Waals surface area (Å²) in [5, 5.41) is 0. The minimum atomic E-state index is -4.24. The summed E-state index contributed by atoms with van der Waals surface area (Å²) in [7, 11) is -4.24. The Kier molecular flexibility index (Phi) is 5.00. The van der Waals surface area contributed by atoms with Crippen LogP contribution in [0.4, 0.5) is 0 Å². The number of nitrogens with two attached hydrogens (primary N) is 1. The molecule has 2 unspecified atom stereocenters. The number of hydrogen-bond donors (Lipinski definition) is 2. The lowest BCUT2D eigenvalue weighted by Gasteiger charge is -2.47. The highest BCUT2D eigenvalue weighted by molar-refractivity contribution is 7.80. The predicted molar refractivity (Wildman–Crippen MR) is 75.2 cm³/mol. The maximum atomic E-state index is 12.0. The molecule has 7 heteroatoms. The molecule has 3 N–H and O–H groups in total. The van der Waals surface area contributed by atoms with E-state index >= 15 is 0 Å². The second-order valence-corrected chi connectivity index (χ2v) is 6.42. The zero-order chi connectivity index (χ0) is 14.7. The van der Waals surface area contributed by atoms with E-state index in [2.05, 4.69) is 0 Å². The summed E-state index contributed by atoms with van der Waals surface area (Å²) in [5.41, 5.74) is 4.93. The van der Waals surface area contributed by atoms with Crippen molar-refractivity contribution >= 4 is 10.3 Å². The van der Waals surface area contributed by atoms with E-state index in [-0.39, 0.29) is 0 Å². The van der Waals surface area contributed by atoms with Crippen LogP contribution in [-0.2, 0) is 10.3 Å². The number of rotatable bonds is 7. The molecule has 0 aromatic carbocycles. The molecule has 19 heavy (non-hydrogen) atoms. The van der Waals surface area contributed by atoms with Gasteiger partial charge in [0.2, 0.25) is 0 Å². The molecule has 0 spiro atoms. The molecule has 6 nitrogen and oxygen atoms in total. The fourth-order valence-corrected chi connectivity index (χ4v) is 4.59. The second-order valence-electron chi connectivity index (χ2n) is 4.87. The molecule has 0 radical (unpaired) electrons. The van der Waals surface area contributed by atoms with Crippen molar-refractivity contribution < 1.29 is 16.9 Å². The Morgan fingerprint density at radius 2 is 2.00 bits per heavy atom. The van der Waals surface area contributed by atoms with Gasteiger partial charge in [-0.3, -0.25) is 0 Å². The van der Waals surface area contributed by atoms with Crippen LogP contribution in [0.3, 0.4) is 0 Å². The zero-order valence-electron chi connectivity index (χ0n) is 12.0. The van der Waals surface area contributed by atoms with Gasteiger partial charge in [-0.1, -0.05) is 6.92 Å². The summed E-state index contributed by atoms with van der Waals surface area (Å²) in [6.07, 6.45) is 5.37. The Morgan fingerprint density at radius 3 is 2.37 bits per heavy atom. The van der Waals surface area contributed by atoms with Gasteiger partial charge >= 0.3 is 10.3 Å². The molecule has 2 atom stereocenters. The van der Waals surface area contributed by atoms with E-state index in [0.29, 0.717) is 32.5 Å². The first-order chi connectivity index (χ1) is 8.85. The Labute approximate surface area is 116 Å². The van der Waals surface area contributed by atoms with Crippen LogP contribution in [0.15, 0.2) is 12.4 Å². The summed E-state index contributed by atoms with van der Waals surface area (Å²) >= 11 is 0. The average Bonchev–Trinajstić information content (AvgIpc) is 2.70. The molecule has 0 amide bonds. The van der Waals surface area contributed by atoms with Crippen molar-refractivity contribution in [3.63, 3.8) is 0 Å². The van der Waals surface area contributed by atoms with Crippen LogP contribution in [0.2, 0.25) is 0 Å².